The summed E-state index contributed by atoms with van der Waals surface area (Å²) in [5, 5.41) is 4.05. The first-order valence-electron chi connectivity index (χ1n) is 8.34. The number of rotatable bonds is 4. The van der Waals surface area contributed by atoms with Crippen molar-refractivity contribution in [2.75, 3.05) is 18.4 Å². The highest BCUT2D eigenvalue weighted by molar-refractivity contribution is 6.35. The van der Waals surface area contributed by atoms with Crippen LogP contribution in [0.4, 0.5) is 10.1 Å². The van der Waals surface area contributed by atoms with Crippen LogP contribution in [0, 0.1) is 11.7 Å². The summed E-state index contributed by atoms with van der Waals surface area (Å²) in [6.45, 7) is 2.22. The van der Waals surface area contributed by atoms with Crippen LogP contribution in [0.1, 0.15) is 18.4 Å². The normalized spacial score (nSPS) is 17.9. The molecule has 1 N–H and O–H groups in total. The Hall–Kier alpha value is -1.33. The summed E-state index contributed by atoms with van der Waals surface area (Å²) in [5.74, 6) is -0.730. The van der Waals surface area contributed by atoms with Crippen molar-refractivity contribution >= 4 is 46.4 Å². The van der Waals surface area contributed by atoms with Crippen LogP contribution in [0.3, 0.4) is 0 Å². The van der Waals surface area contributed by atoms with Gasteiger partial charge < -0.3 is 5.32 Å². The molecule has 138 valence electrons. The van der Waals surface area contributed by atoms with Crippen molar-refractivity contribution in [1.29, 1.82) is 0 Å². The van der Waals surface area contributed by atoms with Crippen LogP contribution in [0.5, 0.6) is 0 Å². The smallest absolute Gasteiger partial charge is 0.228 e. The molecule has 0 saturated carbocycles. The third-order valence-electron chi connectivity index (χ3n) is 4.47. The fraction of sp³-hybridized carbons (Fsp3) is 0.316. The molecule has 1 amide bonds. The summed E-state index contributed by atoms with van der Waals surface area (Å²) in [4.78, 5) is 14.8. The Balaban J connectivity index is 1.62. The quantitative estimate of drug-likeness (QED) is 0.701. The van der Waals surface area contributed by atoms with Gasteiger partial charge in [0.15, 0.2) is 0 Å². The van der Waals surface area contributed by atoms with Gasteiger partial charge in [-0.05, 0) is 55.3 Å². The van der Waals surface area contributed by atoms with Gasteiger partial charge in [-0.15, -0.1) is 0 Å². The van der Waals surface area contributed by atoms with Crippen molar-refractivity contribution in [1.82, 2.24) is 4.90 Å². The van der Waals surface area contributed by atoms with Crippen LogP contribution < -0.4 is 5.32 Å². The third kappa shape index (κ3) is 4.89. The molecule has 2 aromatic carbocycles. The molecule has 0 aliphatic carbocycles. The van der Waals surface area contributed by atoms with Crippen LogP contribution in [-0.2, 0) is 11.3 Å². The Morgan fingerprint density at radius 2 is 1.96 bits per heavy atom. The summed E-state index contributed by atoms with van der Waals surface area (Å²) >= 11 is 18.0. The molecular formula is C19H18Cl3FN2O. The topological polar surface area (TPSA) is 32.3 Å². The molecule has 1 unspecified atom stereocenters. The Morgan fingerprint density at radius 3 is 2.69 bits per heavy atom. The van der Waals surface area contributed by atoms with E-state index in [2.05, 4.69) is 10.2 Å². The Labute approximate surface area is 167 Å². The molecule has 1 fully saturated rings. The van der Waals surface area contributed by atoms with Gasteiger partial charge >= 0.3 is 0 Å². The number of nitrogens with zero attached hydrogens (tertiary/aromatic N) is 1. The van der Waals surface area contributed by atoms with E-state index in [1.165, 1.54) is 18.2 Å². The van der Waals surface area contributed by atoms with Crippen LogP contribution in [0.15, 0.2) is 36.4 Å². The number of hydrogen-bond acceptors (Lipinski definition) is 2. The summed E-state index contributed by atoms with van der Waals surface area (Å²) in [5.41, 5.74) is 1.49. The zero-order valence-corrected chi connectivity index (χ0v) is 16.2. The average Bonchev–Trinajstić information content (AvgIpc) is 2.61. The highest BCUT2D eigenvalue weighted by Crippen LogP contribution is 2.26. The molecule has 0 aromatic heterocycles. The van der Waals surface area contributed by atoms with E-state index in [0.717, 1.165) is 24.9 Å². The Kier molecular flexibility index (Phi) is 6.41. The standard InChI is InChI=1S/C19H18Cl3FN2O/c20-14-4-3-12(16(21)8-14)10-25-7-1-2-13(11-25)19(26)24-15-5-6-18(23)17(22)9-15/h3-6,8-9,13H,1-2,7,10-11H2,(H,24,26). The van der Waals surface area contributed by atoms with Crippen LogP contribution in [0.25, 0.3) is 0 Å². The number of benzene rings is 2. The lowest BCUT2D eigenvalue weighted by Crippen LogP contribution is -2.40. The van der Waals surface area contributed by atoms with E-state index in [1.54, 1.807) is 6.07 Å². The second kappa shape index (κ2) is 8.57. The molecule has 0 bridgehead atoms. The summed E-state index contributed by atoms with van der Waals surface area (Å²) in [7, 11) is 0. The molecule has 1 aliphatic heterocycles. The van der Waals surface area contributed by atoms with Gasteiger partial charge in [-0.3, -0.25) is 9.69 Å². The number of hydrogen-bond donors (Lipinski definition) is 1. The van der Waals surface area contributed by atoms with Crippen molar-refractivity contribution in [3.8, 4) is 0 Å². The predicted molar refractivity (Wildman–Crippen MR) is 105 cm³/mol. The van der Waals surface area contributed by atoms with Crippen molar-refractivity contribution < 1.29 is 9.18 Å². The number of amides is 1. The number of carbonyl (C=O) groups excluding carboxylic acids is 1. The summed E-state index contributed by atoms with van der Waals surface area (Å²) < 4.78 is 13.2. The molecule has 1 saturated heterocycles. The minimum atomic E-state index is -0.506. The largest absolute Gasteiger partial charge is 0.326 e. The Bertz CT molecular complexity index is 815. The number of carbonyl (C=O) groups is 1. The van der Waals surface area contributed by atoms with Gasteiger partial charge in [-0.1, -0.05) is 40.9 Å². The van der Waals surface area contributed by atoms with Crippen molar-refractivity contribution in [2.24, 2.45) is 5.92 Å². The number of nitrogens with one attached hydrogen (secondary N) is 1. The molecule has 26 heavy (non-hydrogen) atoms. The second-order valence-electron chi connectivity index (χ2n) is 6.43. The molecule has 3 rings (SSSR count). The van der Waals surface area contributed by atoms with E-state index in [1.807, 2.05) is 12.1 Å². The van der Waals surface area contributed by atoms with E-state index < -0.39 is 5.82 Å². The molecule has 1 atom stereocenters. The van der Waals surface area contributed by atoms with Gasteiger partial charge in [0.2, 0.25) is 5.91 Å². The lowest BCUT2D eigenvalue weighted by atomic mass is 9.96. The van der Waals surface area contributed by atoms with E-state index in [0.29, 0.717) is 28.8 Å². The van der Waals surface area contributed by atoms with Crippen LogP contribution in [0.2, 0.25) is 15.1 Å². The molecule has 7 heteroatoms. The fourth-order valence-corrected chi connectivity index (χ4v) is 3.77. The first-order chi connectivity index (χ1) is 12.4. The minimum Gasteiger partial charge on any atom is -0.326 e. The maximum absolute atomic E-state index is 13.2. The van der Waals surface area contributed by atoms with Gasteiger partial charge in [-0.25, -0.2) is 4.39 Å². The van der Waals surface area contributed by atoms with Gasteiger partial charge in [0.1, 0.15) is 5.82 Å². The minimum absolute atomic E-state index is 0.00884. The lowest BCUT2D eigenvalue weighted by Gasteiger charge is -2.32. The van der Waals surface area contributed by atoms with Crippen molar-refractivity contribution in [3.63, 3.8) is 0 Å². The predicted octanol–water partition coefficient (Wildman–Crippen LogP) is 5.64. The highest BCUT2D eigenvalue weighted by Gasteiger charge is 2.26. The van der Waals surface area contributed by atoms with Gasteiger partial charge in [-0.2, -0.15) is 0 Å². The van der Waals surface area contributed by atoms with Gasteiger partial charge in [0.25, 0.3) is 0 Å². The van der Waals surface area contributed by atoms with E-state index in [4.69, 9.17) is 34.8 Å². The van der Waals surface area contributed by atoms with Crippen LogP contribution >= 0.6 is 34.8 Å². The maximum Gasteiger partial charge on any atom is 0.228 e. The first-order valence-corrected chi connectivity index (χ1v) is 9.48. The zero-order valence-electron chi connectivity index (χ0n) is 13.9. The van der Waals surface area contributed by atoms with Gasteiger partial charge in [0, 0.05) is 28.8 Å². The van der Waals surface area contributed by atoms with E-state index >= 15 is 0 Å². The molecule has 2 aromatic rings. The third-order valence-corrected chi connectivity index (χ3v) is 5.35. The highest BCUT2D eigenvalue weighted by atomic mass is 35.5. The number of anilines is 1. The number of likely N-dealkylation sites (tertiary alicyclic amines) is 1. The molecule has 0 radical (unpaired) electrons. The van der Waals surface area contributed by atoms with Gasteiger partial charge in [0.05, 0.1) is 10.9 Å². The molecule has 1 heterocycles. The average molecular weight is 416 g/mol. The van der Waals surface area contributed by atoms with Crippen molar-refractivity contribution in [3.05, 3.63) is 62.8 Å². The molecular weight excluding hydrogens is 398 g/mol. The number of piperidine rings is 1. The van der Waals surface area contributed by atoms with Crippen molar-refractivity contribution in [2.45, 2.75) is 19.4 Å². The maximum atomic E-state index is 13.2. The van der Waals surface area contributed by atoms with E-state index in [-0.39, 0.29) is 16.8 Å². The second-order valence-corrected chi connectivity index (χ2v) is 7.68. The summed E-state index contributed by atoms with van der Waals surface area (Å²) in [6.07, 6.45) is 1.74. The zero-order chi connectivity index (χ0) is 18.7. The number of halogens is 4. The molecule has 0 spiro atoms. The first kappa shape index (κ1) is 19.4. The van der Waals surface area contributed by atoms with Crippen LogP contribution in [-0.4, -0.2) is 23.9 Å². The SMILES string of the molecule is O=C(Nc1ccc(F)c(Cl)c1)C1CCCN(Cc2ccc(Cl)cc2Cl)C1. The van der Waals surface area contributed by atoms with E-state index in [9.17, 15) is 9.18 Å². The fourth-order valence-electron chi connectivity index (χ4n) is 3.12. The lowest BCUT2D eigenvalue weighted by molar-refractivity contribution is -0.121. The summed E-state index contributed by atoms with van der Waals surface area (Å²) in [6, 6.07) is 9.62. The molecule has 1 aliphatic rings. The Morgan fingerprint density at radius 1 is 1.15 bits per heavy atom. The molecule has 3 nitrogen and oxygen atoms in total. The monoisotopic (exact) mass is 414 g/mol.